The fraction of sp³-hybridized carbons (Fsp3) is 0.250. The van der Waals surface area contributed by atoms with Gasteiger partial charge in [0.2, 0.25) is 0 Å². The first-order chi connectivity index (χ1) is 7.67. The minimum atomic E-state index is -0.317. The van der Waals surface area contributed by atoms with Crippen molar-refractivity contribution in [3.05, 3.63) is 42.6 Å². The molecule has 1 aromatic rings. The highest BCUT2D eigenvalue weighted by atomic mass is 15.0. The van der Waals surface area contributed by atoms with Crippen molar-refractivity contribution in [2.45, 2.75) is 19.5 Å². The lowest BCUT2D eigenvalue weighted by Crippen LogP contribution is -2.20. The average molecular weight is 215 g/mol. The summed E-state index contributed by atoms with van der Waals surface area (Å²) in [6, 6.07) is 8.09. The van der Waals surface area contributed by atoms with Crippen molar-refractivity contribution in [3.63, 3.8) is 0 Å². The van der Waals surface area contributed by atoms with E-state index in [4.69, 9.17) is 5.73 Å². The van der Waals surface area contributed by atoms with Crippen molar-refractivity contribution in [1.82, 2.24) is 5.32 Å². The molecular weight excluding hydrogens is 197 g/mol. The number of hydrogen-bond donors (Lipinski definition) is 2. The summed E-state index contributed by atoms with van der Waals surface area (Å²) in [5.41, 5.74) is 8.23. The van der Waals surface area contributed by atoms with Crippen LogP contribution in [0.3, 0.4) is 0 Å². The van der Waals surface area contributed by atoms with Crippen molar-refractivity contribution in [3.8, 4) is 0 Å². The maximum Gasteiger partial charge on any atom is 0.139 e. The van der Waals surface area contributed by atoms with Gasteiger partial charge < -0.3 is 11.1 Å². The molecule has 84 valence electrons. The quantitative estimate of drug-likeness (QED) is 0.435. The highest BCUT2D eigenvalue weighted by Crippen LogP contribution is 2.10. The fourth-order valence-electron chi connectivity index (χ4n) is 1.35. The first-order valence-corrected chi connectivity index (χ1v) is 5.43. The number of nitrogens with zero attached hydrogens (tertiary/aromatic N) is 1. The fourth-order valence-corrected chi connectivity index (χ4v) is 1.35. The van der Waals surface area contributed by atoms with Crippen molar-refractivity contribution in [1.29, 1.82) is 0 Å². The Bertz CT molecular complexity index is 370. The Labute approximate surface area is 97.9 Å². The Morgan fingerprint density at radius 3 is 2.69 bits per heavy atom. The van der Waals surface area contributed by atoms with Crippen LogP contribution in [0.5, 0.6) is 0 Å². The van der Waals surface area contributed by atoms with Gasteiger partial charge in [-0.1, -0.05) is 43.2 Å². The Morgan fingerprint density at radius 1 is 1.56 bits per heavy atom. The van der Waals surface area contributed by atoms with Gasteiger partial charge >= 0.3 is 0 Å². The lowest BCUT2D eigenvalue weighted by Gasteiger charge is -2.10. The third-order valence-corrected chi connectivity index (χ3v) is 2.32. The Balaban J connectivity index is 2.80. The van der Waals surface area contributed by atoms with E-state index < -0.39 is 0 Å². The molecule has 3 nitrogen and oxygen atoms in total. The van der Waals surface area contributed by atoms with Crippen molar-refractivity contribution >= 4 is 19.1 Å². The molecule has 0 saturated carbocycles. The highest BCUT2D eigenvalue weighted by Gasteiger charge is 2.04. The van der Waals surface area contributed by atoms with E-state index in [0.717, 1.165) is 17.8 Å². The van der Waals surface area contributed by atoms with Gasteiger partial charge in [0, 0.05) is 6.42 Å². The molecule has 0 bridgehead atoms. The number of amidine groups is 1. The minimum Gasteiger partial charge on any atom is -0.351 e. The summed E-state index contributed by atoms with van der Waals surface area (Å²) in [4.78, 5) is 4.40. The van der Waals surface area contributed by atoms with E-state index in [1.54, 1.807) is 6.20 Å². The summed E-state index contributed by atoms with van der Waals surface area (Å²) in [6.45, 7) is 5.63. The van der Waals surface area contributed by atoms with E-state index in [-0.39, 0.29) is 6.17 Å². The van der Waals surface area contributed by atoms with Crippen LogP contribution in [0.25, 0.3) is 0 Å². The first kappa shape index (κ1) is 12.5. The molecule has 0 spiro atoms. The van der Waals surface area contributed by atoms with Gasteiger partial charge in [-0.3, -0.25) is 0 Å². The molecule has 0 radical (unpaired) electrons. The van der Waals surface area contributed by atoms with Crippen molar-refractivity contribution in [2.24, 2.45) is 10.7 Å². The van der Waals surface area contributed by atoms with Gasteiger partial charge in [-0.25, -0.2) is 4.99 Å². The predicted molar refractivity (Wildman–Crippen MR) is 72.6 cm³/mol. The molecule has 1 unspecified atom stereocenters. The summed E-state index contributed by atoms with van der Waals surface area (Å²) >= 11 is 0. The molecule has 0 aromatic heterocycles. The molecule has 4 heteroatoms. The lowest BCUT2D eigenvalue weighted by atomic mass is 9.95. The molecule has 1 atom stereocenters. The molecule has 0 fully saturated rings. The molecule has 0 saturated heterocycles. The van der Waals surface area contributed by atoms with Crippen LogP contribution in [0.15, 0.2) is 42.0 Å². The SMILES string of the molecule is Bc1ccc(C(N)/N=C(/CC)NC=C)cc1. The number of nitrogens with two attached hydrogens (primary N) is 1. The van der Waals surface area contributed by atoms with Gasteiger partial charge in [0.1, 0.15) is 19.8 Å². The number of hydrogen-bond acceptors (Lipinski definition) is 2. The smallest absolute Gasteiger partial charge is 0.139 e. The molecule has 0 aliphatic heterocycles. The number of nitrogens with one attached hydrogen (secondary N) is 1. The third-order valence-electron chi connectivity index (χ3n) is 2.32. The molecule has 0 aliphatic rings. The maximum absolute atomic E-state index is 5.99. The number of aliphatic imine (C=N–C) groups is 1. The number of rotatable bonds is 4. The van der Waals surface area contributed by atoms with E-state index in [0.29, 0.717) is 0 Å². The zero-order chi connectivity index (χ0) is 12.0. The largest absolute Gasteiger partial charge is 0.351 e. The zero-order valence-electron chi connectivity index (χ0n) is 9.90. The van der Waals surface area contributed by atoms with Crippen LogP contribution in [0.2, 0.25) is 0 Å². The number of benzene rings is 1. The Hall–Kier alpha value is -1.55. The van der Waals surface area contributed by atoms with Crippen LogP contribution in [-0.2, 0) is 0 Å². The second kappa shape index (κ2) is 6.13. The standard InChI is InChI=1S/C12H18BN3/c1-3-11(15-4-2)16-12(14)9-5-7-10(13)8-6-9/h4-8,12H,2-3,13-14H2,1H3,(H,15,16). The molecule has 16 heavy (non-hydrogen) atoms. The second-order valence-electron chi connectivity index (χ2n) is 3.63. The van der Waals surface area contributed by atoms with Crippen LogP contribution >= 0.6 is 0 Å². The van der Waals surface area contributed by atoms with Gasteiger partial charge in [-0.15, -0.1) is 0 Å². The highest BCUT2D eigenvalue weighted by molar-refractivity contribution is 6.32. The van der Waals surface area contributed by atoms with Crippen LogP contribution in [0.4, 0.5) is 0 Å². The maximum atomic E-state index is 5.99. The van der Waals surface area contributed by atoms with Crippen LogP contribution in [0, 0.1) is 0 Å². The van der Waals surface area contributed by atoms with Crippen molar-refractivity contribution in [2.75, 3.05) is 0 Å². The topological polar surface area (TPSA) is 50.4 Å². The predicted octanol–water partition coefficient (Wildman–Crippen LogP) is 0.444. The van der Waals surface area contributed by atoms with Crippen LogP contribution in [0.1, 0.15) is 25.1 Å². The van der Waals surface area contributed by atoms with Gasteiger partial charge in [-0.05, 0) is 11.8 Å². The van der Waals surface area contributed by atoms with Gasteiger partial charge in [-0.2, -0.15) is 0 Å². The first-order valence-electron chi connectivity index (χ1n) is 5.43. The summed E-state index contributed by atoms with van der Waals surface area (Å²) in [6.07, 6.45) is 2.11. The summed E-state index contributed by atoms with van der Waals surface area (Å²) in [7, 11) is 2.05. The normalized spacial score (nSPS) is 13.2. The van der Waals surface area contributed by atoms with Crippen molar-refractivity contribution < 1.29 is 0 Å². The second-order valence-corrected chi connectivity index (χ2v) is 3.63. The van der Waals surface area contributed by atoms with E-state index in [1.165, 1.54) is 5.46 Å². The van der Waals surface area contributed by atoms with Crippen LogP contribution in [-0.4, -0.2) is 13.7 Å². The van der Waals surface area contributed by atoms with E-state index in [2.05, 4.69) is 24.7 Å². The third kappa shape index (κ3) is 3.55. The molecule has 0 aliphatic carbocycles. The van der Waals surface area contributed by atoms with E-state index >= 15 is 0 Å². The molecule has 0 amide bonds. The Morgan fingerprint density at radius 2 is 2.19 bits per heavy atom. The molecule has 0 heterocycles. The van der Waals surface area contributed by atoms with E-state index in [9.17, 15) is 0 Å². The molecule has 3 N–H and O–H groups in total. The Kier molecular flexibility index (Phi) is 4.80. The molecule has 1 aromatic carbocycles. The summed E-state index contributed by atoms with van der Waals surface area (Å²) in [5, 5.41) is 2.98. The van der Waals surface area contributed by atoms with Gasteiger partial charge in [0.25, 0.3) is 0 Å². The minimum absolute atomic E-state index is 0.317. The molecule has 1 rings (SSSR count). The van der Waals surface area contributed by atoms with Crippen LogP contribution < -0.4 is 16.5 Å². The molecular formula is C12H18BN3. The average Bonchev–Trinajstić information content (AvgIpc) is 2.29. The zero-order valence-corrected chi connectivity index (χ0v) is 9.90. The summed E-state index contributed by atoms with van der Waals surface area (Å²) in [5.74, 6) is 0.850. The van der Waals surface area contributed by atoms with Gasteiger partial charge in [0.05, 0.1) is 0 Å². The monoisotopic (exact) mass is 215 g/mol. The van der Waals surface area contributed by atoms with Gasteiger partial charge in [0.15, 0.2) is 0 Å². The summed E-state index contributed by atoms with van der Waals surface area (Å²) < 4.78 is 0. The van der Waals surface area contributed by atoms with E-state index in [1.807, 2.05) is 31.2 Å². The lowest BCUT2D eigenvalue weighted by molar-refractivity contribution is 0.765.